The lowest BCUT2D eigenvalue weighted by Crippen LogP contribution is -2.37. The first kappa shape index (κ1) is 16.5. The molecule has 0 aliphatic carbocycles. The van der Waals surface area contributed by atoms with Crippen LogP contribution in [0.1, 0.15) is 0 Å². The first-order chi connectivity index (χ1) is 10.8. The van der Waals surface area contributed by atoms with Crippen LogP contribution in [-0.4, -0.2) is 20.5 Å². The fourth-order valence-electron chi connectivity index (χ4n) is 1.68. The number of benzene rings is 2. The summed E-state index contributed by atoms with van der Waals surface area (Å²) >= 11 is 0. The van der Waals surface area contributed by atoms with Gasteiger partial charge in [-0.2, -0.15) is 0 Å². The van der Waals surface area contributed by atoms with Crippen LogP contribution in [0.4, 0.5) is 21.0 Å². The summed E-state index contributed by atoms with van der Waals surface area (Å²) in [7, 11) is -3.79. The maximum absolute atomic E-state index is 11.7. The van der Waals surface area contributed by atoms with Gasteiger partial charge in [0.25, 0.3) is 0 Å². The van der Waals surface area contributed by atoms with Crippen molar-refractivity contribution in [2.75, 3.05) is 10.6 Å². The van der Waals surface area contributed by atoms with E-state index in [2.05, 4.69) is 16.0 Å². The highest BCUT2D eigenvalue weighted by molar-refractivity contribution is 7.89. The highest BCUT2D eigenvalue weighted by Crippen LogP contribution is 2.12. The summed E-state index contributed by atoms with van der Waals surface area (Å²) in [6, 6.07) is 12.4. The zero-order valence-electron chi connectivity index (χ0n) is 11.8. The number of para-hydroxylation sites is 1. The molecule has 0 fully saturated rings. The zero-order valence-corrected chi connectivity index (χ0v) is 12.6. The third-order valence-electron chi connectivity index (χ3n) is 2.70. The molecule has 23 heavy (non-hydrogen) atoms. The van der Waals surface area contributed by atoms with Gasteiger partial charge in [0, 0.05) is 11.4 Å². The molecule has 2 rings (SSSR count). The van der Waals surface area contributed by atoms with Crippen molar-refractivity contribution in [1.82, 2.24) is 5.32 Å². The summed E-state index contributed by atoms with van der Waals surface area (Å²) in [5.41, 5.74) is 0.845. The van der Waals surface area contributed by atoms with Gasteiger partial charge in [0.1, 0.15) is 0 Å². The van der Waals surface area contributed by atoms with E-state index in [1.807, 2.05) is 0 Å². The first-order valence-corrected chi connectivity index (χ1v) is 7.96. The van der Waals surface area contributed by atoms with Crippen LogP contribution in [0, 0.1) is 0 Å². The van der Waals surface area contributed by atoms with Crippen LogP contribution in [0.5, 0.6) is 0 Å². The number of nitrogens with one attached hydrogen (secondary N) is 3. The lowest BCUT2D eigenvalue weighted by molar-refractivity contribution is 0.240. The number of hydrogen-bond donors (Lipinski definition) is 4. The van der Waals surface area contributed by atoms with Gasteiger partial charge in [0.15, 0.2) is 0 Å². The Morgan fingerprint density at radius 1 is 0.783 bits per heavy atom. The highest BCUT2D eigenvalue weighted by atomic mass is 32.2. The normalized spacial score (nSPS) is 10.7. The van der Waals surface area contributed by atoms with Gasteiger partial charge in [0.2, 0.25) is 10.0 Å². The standard InChI is InChI=1S/C14H14N4O4S/c15-23(21,22)12-8-6-11(7-9-12)17-14(20)18-13(19)16-10-4-2-1-3-5-10/h1-9H,(H2,15,21,22)(H3,16,17,18,19,20). The molecule has 0 saturated heterocycles. The number of imide groups is 1. The Hall–Kier alpha value is -2.91. The molecule has 2 aromatic rings. The van der Waals surface area contributed by atoms with Crippen molar-refractivity contribution in [1.29, 1.82) is 0 Å². The molecule has 0 radical (unpaired) electrons. The Morgan fingerprint density at radius 3 is 1.74 bits per heavy atom. The van der Waals surface area contributed by atoms with E-state index in [1.165, 1.54) is 24.3 Å². The van der Waals surface area contributed by atoms with E-state index in [4.69, 9.17) is 5.14 Å². The van der Waals surface area contributed by atoms with Gasteiger partial charge in [0.05, 0.1) is 4.90 Å². The average Bonchev–Trinajstić information content (AvgIpc) is 2.47. The lowest BCUT2D eigenvalue weighted by atomic mass is 10.3. The highest BCUT2D eigenvalue weighted by Gasteiger charge is 2.10. The monoisotopic (exact) mass is 334 g/mol. The molecule has 0 heterocycles. The van der Waals surface area contributed by atoms with Crippen LogP contribution in [-0.2, 0) is 10.0 Å². The fourth-order valence-corrected chi connectivity index (χ4v) is 2.19. The number of amides is 4. The molecule has 8 nitrogen and oxygen atoms in total. The molecule has 0 atom stereocenters. The van der Waals surface area contributed by atoms with Gasteiger partial charge in [-0.1, -0.05) is 18.2 Å². The number of sulfonamides is 1. The van der Waals surface area contributed by atoms with E-state index in [9.17, 15) is 18.0 Å². The summed E-state index contributed by atoms with van der Waals surface area (Å²) < 4.78 is 22.2. The molecule has 2 aromatic carbocycles. The number of urea groups is 2. The molecular formula is C14H14N4O4S. The summed E-state index contributed by atoms with van der Waals surface area (Å²) in [5, 5.41) is 11.9. The second-order valence-electron chi connectivity index (χ2n) is 4.47. The fraction of sp³-hybridized carbons (Fsp3) is 0. The molecule has 0 unspecified atom stereocenters. The predicted molar refractivity (Wildman–Crippen MR) is 85.4 cm³/mol. The minimum atomic E-state index is -3.79. The van der Waals surface area contributed by atoms with E-state index in [0.29, 0.717) is 11.4 Å². The van der Waals surface area contributed by atoms with Crippen LogP contribution >= 0.6 is 0 Å². The van der Waals surface area contributed by atoms with E-state index in [-0.39, 0.29) is 4.90 Å². The Bertz CT molecular complexity index is 804. The number of anilines is 2. The van der Waals surface area contributed by atoms with Crippen molar-refractivity contribution in [2.45, 2.75) is 4.90 Å². The second kappa shape index (κ2) is 6.90. The predicted octanol–water partition coefficient (Wildman–Crippen LogP) is 1.69. The quantitative estimate of drug-likeness (QED) is 0.680. The minimum absolute atomic E-state index is 0.0784. The van der Waals surface area contributed by atoms with Crippen LogP contribution in [0.2, 0.25) is 0 Å². The van der Waals surface area contributed by atoms with Gasteiger partial charge < -0.3 is 10.6 Å². The molecule has 9 heteroatoms. The molecule has 0 aliphatic rings. The Morgan fingerprint density at radius 2 is 1.26 bits per heavy atom. The van der Waals surface area contributed by atoms with E-state index in [0.717, 1.165) is 0 Å². The Labute approximate surface area is 132 Å². The topological polar surface area (TPSA) is 130 Å². The van der Waals surface area contributed by atoms with Gasteiger partial charge >= 0.3 is 12.1 Å². The van der Waals surface area contributed by atoms with Gasteiger partial charge in [-0.05, 0) is 36.4 Å². The molecule has 0 aliphatic heterocycles. The average molecular weight is 334 g/mol. The van der Waals surface area contributed by atoms with Crippen LogP contribution in [0.15, 0.2) is 59.5 Å². The maximum atomic E-state index is 11.7. The Kier molecular flexibility index (Phi) is 4.94. The van der Waals surface area contributed by atoms with Gasteiger partial charge in [-0.25, -0.2) is 23.1 Å². The Balaban J connectivity index is 1.90. The van der Waals surface area contributed by atoms with Crippen molar-refractivity contribution < 1.29 is 18.0 Å². The van der Waals surface area contributed by atoms with E-state index >= 15 is 0 Å². The summed E-state index contributed by atoms with van der Waals surface area (Å²) in [4.78, 5) is 23.2. The van der Waals surface area contributed by atoms with Crippen LogP contribution in [0.3, 0.4) is 0 Å². The summed E-state index contributed by atoms with van der Waals surface area (Å²) in [5.74, 6) is 0. The molecule has 5 N–H and O–H groups in total. The van der Waals surface area contributed by atoms with Crippen molar-refractivity contribution in [3.8, 4) is 0 Å². The first-order valence-electron chi connectivity index (χ1n) is 6.41. The SMILES string of the molecule is NS(=O)(=O)c1ccc(NC(=O)NC(=O)Nc2ccccc2)cc1. The van der Waals surface area contributed by atoms with E-state index in [1.54, 1.807) is 30.3 Å². The largest absolute Gasteiger partial charge is 0.327 e. The number of rotatable bonds is 3. The van der Waals surface area contributed by atoms with Crippen molar-refractivity contribution in [3.05, 3.63) is 54.6 Å². The van der Waals surface area contributed by atoms with Gasteiger partial charge in [-0.15, -0.1) is 0 Å². The molecule has 120 valence electrons. The van der Waals surface area contributed by atoms with Crippen molar-refractivity contribution in [3.63, 3.8) is 0 Å². The molecule has 0 spiro atoms. The lowest BCUT2D eigenvalue weighted by Gasteiger charge is -2.08. The molecule has 4 amide bonds. The molecule has 0 saturated carbocycles. The van der Waals surface area contributed by atoms with Crippen molar-refractivity contribution in [2.24, 2.45) is 5.14 Å². The molecule has 0 aromatic heterocycles. The number of carbonyl (C=O) groups is 2. The van der Waals surface area contributed by atoms with Crippen molar-refractivity contribution >= 4 is 33.5 Å². The number of nitrogens with two attached hydrogens (primary N) is 1. The molecule has 0 bridgehead atoms. The van der Waals surface area contributed by atoms with Gasteiger partial charge in [-0.3, -0.25) is 5.32 Å². The smallest absolute Gasteiger partial charge is 0.308 e. The van der Waals surface area contributed by atoms with E-state index < -0.39 is 22.1 Å². The number of primary sulfonamides is 1. The number of hydrogen-bond acceptors (Lipinski definition) is 4. The maximum Gasteiger partial charge on any atom is 0.327 e. The summed E-state index contributed by atoms with van der Waals surface area (Å²) in [6.45, 7) is 0. The third-order valence-corrected chi connectivity index (χ3v) is 3.63. The van der Waals surface area contributed by atoms with Crippen LogP contribution in [0.25, 0.3) is 0 Å². The minimum Gasteiger partial charge on any atom is -0.308 e. The molecular weight excluding hydrogens is 320 g/mol. The zero-order chi connectivity index (χ0) is 16.9. The third kappa shape index (κ3) is 5.09. The second-order valence-corrected chi connectivity index (χ2v) is 6.03. The number of carbonyl (C=O) groups excluding carboxylic acids is 2. The summed E-state index contributed by atoms with van der Waals surface area (Å²) in [6.07, 6.45) is 0. The van der Waals surface area contributed by atoms with Crippen LogP contribution < -0.4 is 21.1 Å².